The molecule has 36 heavy (non-hydrogen) atoms. The average Bonchev–Trinajstić information content (AvgIpc) is 3.33. The summed E-state index contributed by atoms with van der Waals surface area (Å²) in [4.78, 5) is 29.3. The van der Waals surface area contributed by atoms with Gasteiger partial charge in [-0.25, -0.2) is 0 Å². The molecule has 2 heterocycles. The molecule has 0 aliphatic rings. The third-order valence-corrected chi connectivity index (χ3v) is 6.13. The number of hydrogen-bond acceptors (Lipinski definition) is 5. The minimum atomic E-state index is -0.450. The standard InChI is InChI=1S/C23H36N8O3.2ClH/c1-6-31(7-2,8-3)15-21(32)27-16-11-19(30(5)13-16)23(34)28-17-12-18(29(4)14-17)22(33)26-10-9-20(24)25;;/h11-14H,6-10,15H2,1-5H3,(H5-,24,25,26,27,28,32,33,34);2*1H. The Morgan fingerprint density at radius 2 is 1.50 bits per heavy atom. The number of carbonyl (C=O) groups excluding carboxylic acids is 2. The molecule has 202 valence electrons. The molecule has 0 saturated carbocycles. The number of aryl methyl sites for hydroxylation is 2. The lowest BCUT2D eigenvalue weighted by Gasteiger charge is -2.34. The zero-order valence-electron chi connectivity index (χ0n) is 21.5. The van der Waals surface area contributed by atoms with Crippen molar-refractivity contribution in [2.24, 2.45) is 24.8 Å². The molecule has 0 bridgehead atoms. The van der Waals surface area contributed by atoms with Gasteiger partial charge < -0.3 is 35.1 Å². The highest BCUT2D eigenvalue weighted by Crippen LogP contribution is 2.18. The fraction of sp³-hybridized carbons (Fsp3) is 0.478. The highest BCUT2D eigenvalue weighted by molar-refractivity contribution is 6.05. The van der Waals surface area contributed by atoms with Gasteiger partial charge in [-0.05, 0) is 32.9 Å². The van der Waals surface area contributed by atoms with Crippen LogP contribution in [0.5, 0.6) is 0 Å². The van der Waals surface area contributed by atoms with Crippen molar-refractivity contribution in [3.8, 4) is 0 Å². The molecule has 2 aromatic heterocycles. The van der Waals surface area contributed by atoms with Crippen molar-refractivity contribution < 1.29 is 19.2 Å². The Bertz CT molecular complexity index is 1070. The second-order valence-corrected chi connectivity index (χ2v) is 8.36. The molecule has 0 unspecified atom stereocenters. The van der Waals surface area contributed by atoms with Crippen LogP contribution < -0.4 is 21.5 Å². The van der Waals surface area contributed by atoms with Gasteiger partial charge in [0.05, 0.1) is 42.5 Å². The molecule has 5 N–H and O–H groups in total. The van der Waals surface area contributed by atoms with Gasteiger partial charge in [-0.1, -0.05) is 0 Å². The number of aliphatic imine (C=N–C) groups is 1. The van der Waals surface area contributed by atoms with Crippen LogP contribution in [0, 0.1) is 5.41 Å². The molecular formula is C23H38Cl2N8O3. The van der Waals surface area contributed by atoms with E-state index < -0.39 is 5.90 Å². The first kappa shape index (κ1) is 33.0. The number of rotatable bonds is 12. The predicted octanol–water partition coefficient (Wildman–Crippen LogP) is 1.71. The average molecular weight is 546 g/mol. The summed E-state index contributed by atoms with van der Waals surface area (Å²) < 4.78 is 3.91. The Morgan fingerprint density at radius 3 is 2.03 bits per heavy atom. The Morgan fingerprint density at radius 1 is 1.00 bits per heavy atom. The van der Waals surface area contributed by atoms with E-state index in [4.69, 9.17) is 11.1 Å². The lowest BCUT2D eigenvalue weighted by Crippen LogP contribution is -2.51. The van der Waals surface area contributed by atoms with Crippen molar-refractivity contribution >= 4 is 59.7 Å². The monoisotopic (exact) mass is 544 g/mol. The molecule has 0 fully saturated rings. The molecule has 0 spiro atoms. The van der Waals surface area contributed by atoms with Gasteiger partial charge in [0.15, 0.2) is 6.54 Å². The molecule has 0 aromatic carbocycles. The normalized spacial score (nSPS) is 11.3. The summed E-state index contributed by atoms with van der Waals surface area (Å²) in [6.07, 6.45) is 3.52. The van der Waals surface area contributed by atoms with Crippen LogP contribution in [0.4, 0.5) is 11.4 Å². The number of nitrogens with two attached hydrogens (primary N) is 1. The van der Waals surface area contributed by atoms with Gasteiger partial charge >= 0.3 is 0 Å². The highest BCUT2D eigenvalue weighted by atomic mass is 35.5. The topological polar surface area (TPSA) is 153 Å². The fourth-order valence-electron chi connectivity index (χ4n) is 3.77. The number of aromatic nitrogens is 2. The Hall–Kier alpha value is -3.02. The van der Waals surface area contributed by atoms with Crippen molar-refractivity contribution in [1.29, 1.82) is 5.41 Å². The van der Waals surface area contributed by atoms with Crippen LogP contribution in [-0.4, -0.2) is 69.9 Å². The van der Waals surface area contributed by atoms with E-state index in [1.54, 1.807) is 47.8 Å². The number of nitrogens with zero attached hydrogens (tertiary/aromatic N) is 4. The summed E-state index contributed by atoms with van der Waals surface area (Å²) in [6.45, 7) is 9.35. The van der Waals surface area contributed by atoms with Crippen molar-refractivity contribution in [3.05, 3.63) is 35.9 Å². The van der Waals surface area contributed by atoms with Gasteiger partial charge in [-0.2, -0.15) is 0 Å². The molecule has 0 atom stereocenters. The van der Waals surface area contributed by atoms with Gasteiger partial charge in [-0.3, -0.25) is 20.0 Å². The molecular weight excluding hydrogens is 507 g/mol. The molecule has 2 aromatic rings. The van der Waals surface area contributed by atoms with Crippen LogP contribution in [0.2, 0.25) is 0 Å². The summed E-state index contributed by atoms with van der Waals surface area (Å²) in [7, 11) is 3.41. The van der Waals surface area contributed by atoms with E-state index in [9.17, 15) is 14.7 Å². The quantitative estimate of drug-likeness (QED) is 0.182. The van der Waals surface area contributed by atoms with E-state index in [0.717, 1.165) is 19.6 Å². The van der Waals surface area contributed by atoms with E-state index >= 15 is 0 Å². The third-order valence-electron chi connectivity index (χ3n) is 6.13. The first-order chi connectivity index (χ1) is 16.0. The number of nitrogens with one attached hydrogen (secondary N) is 3. The van der Waals surface area contributed by atoms with E-state index in [1.807, 2.05) is 0 Å². The van der Waals surface area contributed by atoms with Crippen molar-refractivity contribution in [3.63, 3.8) is 0 Å². The van der Waals surface area contributed by atoms with Gasteiger partial charge in [0, 0.05) is 45.4 Å². The minimum absolute atomic E-state index is 0. The maximum absolute atomic E-state index is 12.8. The molecule has 13 heteroatoms. The maximum atomic E-state index is 12.8. The van der Waals surface area contributed by atoms with Crippen molar-refractivity contribution in [2.75, 3.05) is 43.4 Å². The van der Waals surface area contributed by atoms with Crippen LogP contribution >= 0.6 is 24.8 Å². The predicted molar refractivity (Wildman–Crippen MR) is 147 cm³/mol. The second kappa shape index (κ2) is 14.5. The number of amides is 2. The van der Waals surface area contributed by atoms with Crippen molar-refractivity contribution in [2.45, 2.75) is 27.2 Å². The molecule has 0 aliphatic heterocycles. The maximum Gasteiger partial charge on any atom is 0.279 e. The lowest BCUT2D eigenvalue weighted by atomic mass is 10.3. The number of amidine groups is 1. The van der Waals surface area contributed by atoms with Crippen LogP contribution in [0.1, 0.15) is 43.4 Å². The fourth-order valence-corrected chi connectivity index (χ4v) is 3.77. The van der Waals surface area contributed by atoms with Crippen molar-refractivity contribution in [1.82, 2.24) is 9.13 Å². The zero-order valence-corrected chi connectivity index (χ0v) is 23.1. The van der Waals surface area contributed by atoms with Crippen LogP contribution in [0.25, 0.3) is 0 Å². The zero-order chi connectivity index (χ0) is 25.5. The summed E-state index contributed by atoms with van der Waals surface area (Å²) >= 11 is 0. The van der Waals surface area contributed by atoms with Gasteiger partial charge in [0.25, 0.3) is 11.8 Å². The number of quaternary nitrogens is 1. The SMILES string of the molecule is CC[N+](CC)(CC)CC(=O)Nc1cc(C(=O)Nc2cc(C([O-])=NCCC(=N)N)n(C)c2)n(C)c1.Cl.Cl. The second-order valence-electron chi connectivity index (χ2n) is 8.36. The molecule has 0 radical (unpaired) electrons. The Labute approximate surface area is 224 Å². The molecule has 2 rings (SSSR count). The minimum Gasteiger partial charge on any atom is -0.857 e. The number of carbonyl (C=O) groups is 2. The summed E-state index contributed by atoms with van der Waals surface area (Å²) in [5.41, 5.74) is 6.94. The highest BCUT2D eigenvalue weighted by Gasteiger charge is 2.25. The molecule has 0 saturated heterocycles. The Kier molecular flexibility index (Phi) is 13.3. The largest absolute Gasteiger partial charge is 0.857 e. The van der Waals surface area contributed by atoms with Crippen LogP contribution in [0.3, 0.4) is 0 Å². The smallest absolute Gasteiger partial charge is 0.279 e. The van der Waals surface area contributed by atoms with E-state index in [1.165, 1.54) is 0 Å². The van der Waals surface area contributed by atoms with E-state index in [0.29, 0.717) is 33.8 Å². The molecule has 2 amide bonds. The first-order valence-corrected chi connectivity index (χ1v) is 11.4. The number of halogens is 2. The summed E-state index contributed by atoms with van der Waals surface area (Å²) in [6, 6.07) is 3.17. The van der Waals surface area contributed by atoms with E-state index in [-0.39, 0.29) is 55.4 Å². The van der Waals surface area contributed by atoms with Gasteiger partial charge in [0.2, 0.25) is 0 Å². The van der Waals surface area contributed by atoms with Crippen LogP contribution in [-0.2, 0) is 18.9 Å². The molecule has 0 aliphatic carbocycles. The van der Waals surface area contributed by atoms with E-state index in [2.05, 4.69) is 36.4 Å². The first-order valence-electron chi connectivity index (χ1n) is 11.4. The number of hydrogen-bond donors (Lipinski definition) is 4. The lowest BCUT2D eigenvalue weighted by molar-refractivity contribution is -0.915. The molecule has 11 nitrogen and oxygen atoms in total. The van der Waals surface area contributed by atoms with Gasteiger partial charge in [0.1, 0.15) is 5.69 Å². The number of likely N-dealkylation sites (N-methyl/N-ethyl adjacent to an activating group) is 1. The van der Waals surface area contributed by atoms with Gasteiger partial charge in [-0.15, -0.1) is 24.8 Å². The summed E-state index contributed by atoms with van der Waals surface area (Å²) in [5, 5.41) is 25.2. The summed E-state index contributed by atoms with van der Waals surface area (Å²) in [5.74, 6) is -0.951. The van der Waals surface area contributed by atoms with Crippen LogP contribution in [0.15, 0.2) is 29.5 Å². The number of anilines is 2. The third kappa shape index (κ3) is 8.58. The Balaban J connectivity index is 0.00000612.